The molecule has 4 aliphatic rings. The van der Waals surface area contributed by atoms with Crippen molar-refractivity contribution in [3.8, 4) is 56.8 Å². The van der Waals surface area contributed by atoms with Gasteiger partial charge in [0, 0.05) is 69.4 Å². The van der Waals surface area contributed by atoms with E-state index in [1.54, 1.807) is 4.90 Å². The van der Waals surface area contributed by atoms with E-state index in [0.29, 0.717) is 96.5 Å². The van der Waals surface area contributed by atoms with Crippen molar-refractivity contribution in [3.05, 3.63) is 106 Å². The monoisotopic (exact) mass is 1020 g/mol. The molecule has 8 aromatic rings. The molecule has 0 bridgehead atoms. The maximum Gasteiger partial charge on any atom is 0.320 e. The van der Waals surface area contributed by atoms with Gasteiger partial charge in [-0.05, 0) is 106 Å². The number of H-pyrrole nitrogens is 4. The standard InChI is InChI=1S/C26H27FN6O3.C21H20FN5O.C5H8ClNO2/c1-2-15-12-23(34)19(27)13-18(15)16-3-4-17-21(11-16)30-31-24(17)25-28-20-5-6-33(14-22(20)29-25)26(35)32-7-9-36-10-8-32;1-2-11-8-19(28)15(22)9-14(11)12-3-4-13-17(7-12)26-27-20(13)21-24-16-5-6-23-10-18(16)25-21;6-5(8)7-1-3-9-4-2-7/h3-4,11-13,34H,2,5-10,14H2,1H3,(H,28,29)(H,30,31);3-4,7-9,23,28H,2,5-6,10H2,1H3,(H,24,25)(H,26,27);1-4H2. The Kier molecular flexibility index (Phi) is 14.4. The van der Waals surface area contributed by atoms with Crippen LogP contribution < -0.4 is 5.32 Å². The number of hydrogen-bond donors (Lipinski definition) is 7. The average Bonchev–Trinajstić information content (AvgIpc) is 4.25. The van der Waals surface area contributed by atoms with Crippen molar-refractivity contribution in [2.75, 3.05) is 65.7 Å². The molecule has 7 N–H and O–H groups in total. The number of carbonyl (C=O) groups excluding carboxylic acids is 2. The molecule has 12 rings (SSSR count). The normalized spacial score (nSPS) is 15.6. The lowest BCUT2D eigenvalue weighted by Gasteiger charge is -2.34. The number of amides is 3. The number of aromatic amines is 4. The van der Waals surface area contributed by atoms with Gasteiger partial charge in [-0.2, -0.15) is 10.2 Å². The molecule has 0 saturated carbocycles. The second kappa shape index (κ2) is 21.4. The molecule has 8 heterocycles. The Bertz CT molecular complexity index is 3300. The van der Waals surface area contributed by atoms with Crippen LogP contribution in [0.1, 0.15) is 47.8 Å². The first-order valence-electron chi connectivity index (χ1n) is 24.5. The Morgan fingerprint density at radius 3 is 1.66 bits per heavy atom. The molecule has 2 fully saturated rings. The number of hydrogen-bond acceptors (Lipinski definition) is 11. The number of aromatic nitrogens is 8. The van der Waals surface area contributed by atoms with Gasteiger partial charge in [-0.15, -0.1) is 0 Å². The van der Waals surface area contributed by atoms with Gasteiger partial charge < -0.3 is 49.7 Å². The third-order valence-corrected chi connectivity index (χ3v) is 13.9. The minimum atomic E-state index is -0.644. The van der Waals surface area contributed by atoms with Crippen molar-refractivity contribution in [1.29, 1.82) is 0 Å². The number of aromatic hydroxyl groups is 2. The summed E-state index contributed by atoms with van der Waals surface area (Å²) in [6.07, 6.45) is 2.95. The zero-order chi connectivity index (χ0) is 50.8. The van der Waals surface area contributed by atoms with Crippen molar-refractivity contribution in [2.24, 2.45) is 0 Å². The molecular formula is C52H55ClF2N12O6. The first-order chi connectivity index (χ1) is 35.5. The highest BCUT2D eigenvalue weighted by Crippen LogP contribution is 2.36. The molecule has 0 unspecified atom stereocenters. The van der Waals surface area contributed by atoms with E-state index in [2.05, 4.69) is 35.7 Å². The highest BCUT2D eigenvalue weighted by molar-refractivity contribution is 6.62. The number of nitrogens with one attached hydrogen (secondary N) is 5. The van der Waals surface area contributed by atoms with Gasteiger partial charge >= 0.3 is 11.4 Å². The number of imidazole rings is 2. The lowest BCUT2D eigenvalue weighted by Crippen LogP contribution is -2.49. The zero-order valence-electron chi connectivity index (χ0n) is 40.4. The van der Waals surface area contributed by atoms with Crippen LogP contribution in [0.2, 0.25) is 0 Å². The van der Waals surface area contributed by atoms with Crippen molar-refractivity contribution >= 4 is 44.8 Å². The third-order valence-electron chi connectivity index (χ3n) is 13.7. The van der Waals surface area contributed by atoms with Gasteiger partial charge in [-0.3, -0.25) is 15.0 Å². The van der Waals surface area contributed by atoms with E-state index < -0.39 is 11.6 Å². The lowest BCUT2D eigenvalue weighted by molar-refractivity contribution is 0.0420. The zero-order valence-corrected chi connectivity index (χ0v) is 41.1. The number of halogens is 3. The van der Waals surface area contributed by atoms with Gasteiger partial charge in [0.05, 0.1) is 66.8 Å². The number of ether oxygens (including phenoxy) is 2. The Morgan fingerprint density at radius 2 is 1.16 bits per heavy atom. The Hall–Kier alpha value is -7.39. The summed E-state index contributed by atoms with van der Waals surface area (Å²) in [4.78, 5) is 44.9. The highest BCUT2D eigenvalue weighted by atomic mass is 35.5. The summed E-state index contributed by atoms with van der Waals surface area (Å²) in [7, 11) is 0. The Balaban J connectivity index is 0.000000146. The van der Waals surface area contributed by atoms with Gasteiger partial charge in [0.2, 0.25) is 0 Å². The molecule has 21 heteroatoms. The minimum Gasteiger partial charge on any atom is -0.505 e. The largest absolute Gasteiger partial charge is 0.505 e. The van der Waals surface area contributed by atoms with E-state index in [1.165, 1.54) is 24.3 Å². The second-order valence-electron chi connectivity index (χ2n) is 18.1. The summed E-state index contributed by atoms with van der Waals surface area (Å²) < 4.78 is 38.4. The minimum absolute atomic E-state index is 0.0370. The van der Waals surface area contributed by atoms with Crippen LogP contribution in [-0.4, -0.2) is 142 Å². The number of urea groups is 1. The fraction of sp³-hybridized carbons (Fsp3) is 0.346. The molecule has 0 atom stereocenters. The fourth-order valence-electron chi connectivity index (χ4n) is 9.66. The number of carbonyl (C=O) groups is 2. The molecule has 0 spiro atoms. The summed E-state index contributed by atoms with van der Waals surface area (Å²) >= 11 is 5.19. The number of nitrogens with zero attached hydrogens (tertiary/aromatic N) is 7. The summed E-state index contributed by atoms with van der Waals surface area (Å²) in [5.74, 6) is -0.501. The van der Waals surface area contributed by atoms with Gasteiger partial charge in [-0.25, -0.2) is 23.5 Å². The number of aryl methyl sites for hydroxylation is 2. The SMILES string of the molecule is CCc1cc(O)c(F)cc1-c1ccc2c(-c3nc4c([nH]3)CN(C(=O)N3CCOCC3)CC4)n[nH]c2c1.CCc1cc(O)c(F)cc1-c1ccc2c(-c3nc4c([nH]3)CNCC4)n[nH]c2c1.O=C(Cl)N1CCOCC1. The molecule has 0 aliphatic carbocycles. The summed E-state index contributed by atoms with van der Waals surface area (Å²) in [6.45, 7) is 11.7. The van der Waals surface area contributed by atoms with Gasteiger partial charge in [0.25, 0.3) is 0 Å². The van der Waals surface area contributed by atoms with Crippen LogP contribution in [0.25, 0.3) is 67.1 Å². The molecule has 4 aliphatic heterocycles. The maximum absolute atomic E-state index is 14.1. The van der Waals surface area contributed by atoms with Crippen LogP contribution in [-0.2, 0) is 48.2 Å². The van der Waals surface area contributed by atoms with E-state index in [9.17, 15) is 28.6 Å². The predicted molar refractivity (Wildman–Crippen MR) is 271 cm³/mol. The van der Waals surface area contributed by atoms with E-state index in [-0.39, 0.29) is 22.9 Å². The lowest BCUT2D eigenvalue weighted by atomic mass is 9.96. The molecule has 4 aromatic heterocycles. The molecule has 380 valence electrons. The number of morpholine rings is 2. The number of benzene rings is 4. The van der Waals surface area contributed by atoms with E-state index in [1.807, 2.05) is 60.0 Å². The molecule has 0 radical (unpaired) electrons. The molecule has 3 amide bonds. The Labute approximate surface area is 423 Å². The van der Waals surface area contributed by atoms with Crippen LogP contribution >= 0.6 is 11.6 Å². The van der Waals surface area contributed by atoms with Crippen LogP contribution in [0, 0.1) is 11.6 Å². The van der Waals surface area contributed by atoms with Crippen molar-refractivity contribution in [3.63, 3.8) is 0 Å². The third kappa shape index (κ3) is 10.3. The van der Waals surface area contributed by atoms with E-state index in [0.717, 1.165) is 109 Å². The van der Waals surface area contributed by atoms with Gasteiger partial charge in [-0.1, -0.05) is 26.0 Å². The number of phenols is 2. The summed E-state index contributed by atoms with van der Waals surface area (Å²) in [5, 5.41) is 39.4. The van der Waals surface area contributed by atoms with Gasteiger partial charge in [0.15, 0.2) is 34.8 Å². The maximum atomic E-state index is 14.1. The highest BCUT2D eigenvalue weighted by Gasteiger charge is 2.29. The number of fused-ring (bicyclic) bond motifs is 4. The topological polar surface area (TPSA) is 230 Å². The van der Waals surface area contributed by atoms with Crippen LogP contribution in [0.5, 0.6) is 11.5 Å². The Morgan fingerprint density at radius 1 is 0.658 bits per heavy atom. The molecule has 18 nitrogen and oxygen atoms in total. The van der Waals surface area contributed by atoms with Gasteiger partial charge in [0.1, 0.15) is 11.4 Å². The average molecular weight is 1020 g/mol. The quantitative estimate of drug-likeness (QED) is 0.0620. The number of phenolic OH excluding ortho intramolecular Hbond substituents is 2. The van der Waals surface area contributed by atoms with Crippen molar-refractivity contribution < 1.29 is 38.1 Å². The van der Waals surface area contributed by atoms with Crippen molar-refractivity contribution in [1.82, 2.24) is 60.3 Å². The first-order valence-corrected chi connectivity index (χ1v) is 24.8. The summed E-state index contributed by atoms with van der Waals surface area (Å²) in [5.41, 5.74) is 12.2. The molecule has 2 saturated heterocycles. The molecule has 73 heavy (non-hydrogen) atoms. The second-order valence-corrected chi connectivity index (χ2v) is 18.5. The first kappa shape index (κ1) is 49.2. The molecular weight excluding hydrogens is 962 g/mol. The van der Waals surface area contributed by atoms with Crippen molar-refractivity contribution in [2.45, 2.75) is 52.6 Å². The van der Waals surface area contributed by atoms with Crippen LogP contribution in [0.15, 0.2) is 60.7 Å². The molecule has 4 aromatic carbocycles. The summed E-state index contributed by atoms with van der Waals surface area (Å²) in [6, 6.07) is 17.5. The van der Waals surface area contributed by atoms with E-state index >= 15 is 0 Å². The predicted octanol–water partition coefficient (Wildman–Crippen LogP) is 8.19. The van der Waals surface area contributed by atoms with Crippen LogP contribution in [0.3, 0.4) is 0 Å². The van der Waals surface area contributed by atoms with Crippen LogP contribution in [0.4, 0.5) is 18.4 Å². The number of rotatable bonds is 6. The van der Waals surface area contributed by atoms with E-state index in [4.69, 9.17) is 31.0 Å². The smallest absolute Gasteiger partial charge is 0.320 e. The fourth-order valence-corrected chi connectivity index (χ4v) is 9.83.